The van der Waals surface area contributed by atoms with E-state index in [9.17, 15) is 10.1 Å². The Morgan fingerprint density at radius 3 is 2.93 bits per heavy atom. The molecule has 0 aliphatic heterocycles. The quantitative estimate of drug-likeness (QED) is 0.593. The third kappa shape index (κ3) is 1.22. The van der Waals surface area contributed by atoms with Gasteiger partial charge in [-0.25, -0.2) is 0 Å². The molecule has 14 heavy (non-hydrogen) atoms. The highest BCUT2D eigenvalue weighted by atomic mass is 32.1. The number of nitro benzene ring substituents is 1. The van der Waals surface area contributed by atoms with Crippen LogP contribution in [-0.4, -0.2) is 18.8 Å². The van der Waals surface area contributed by atoms with Gasteiger partial charge >= 0.3 is 5.69 Å². The highest BCUT2D eigenvalue weighted by Crippen LogP contribution is 2.27. The van der Waals surface area contributed by atoms with Crippen LogP contribution in [0.5, 0.6) is 0 Å². The fraction of sp³-hybridized carbons (Fsp3) is 0.143. The van der Waals surface area contributed by atoms with E-state index in [-0.39, 0.29) is 23.4 Å². The number of rotatable bonds is 2. The fourth-order valence-electron chi connectivity index (χ4n) is 1.21. The van der Waals surface area contributed by atoms with Gasteiger partial charge in [0.2, 0.25) is 0 Å². The topological polar surface area (TPSA) is 89.2 Å². The van der Waals surface area contributed by atoms with Crippen molar-refractivity contribution in [2.75, 3.05) is 0 Å². The lowest BCUT2D eigenvalue weighted by molar-refractivity contribution is -0.384. The van der Waals surface area contributed by atoms with Crippen molar-refractivity contribution in [1.29, 1.82) is 0 Å². The Labute approximate surface area is 82.3 Å². The number of aliphatic hydroxyl groups excluding tert-OH is 1. The van der Waals surface area contributed by atoms with Crippen molar-refractivity contribution < 1.29 is 10.0 Å². The Morgan fingerprint density at radius 1 is 1.50 bits per heavy atom. The van der Waals surface area contributed by atoms with Crippen molar-refractivity contribution in [2.24, 2.45) is 0 Å². The van der Waals surface area contributed by atoms with Gasteiger partial charge in [-0.1, -0.05) is 0 Å². The van der Waals surface area contributed by atoms with E-state index in [1.165, 1.54) is 6.07 Å². The number of benzene rings is 1. The largest absolute Gasteiger partial charge is 0.391 e. The summed E-state index contributed by atoms with van der Waals surface area (Å²) in [6, 6.07) is 3.10. The molecule has 1 heterocycles. The SMILES string of the molecule is O=[N+]([O-])c1c(CO)ccc2nsnc12. The molecule has 0 saturated carbocycles. The lowest BCUT2D eigenvalue weighted by Gasteiger charge is -1.97. The van der Waals surface area contributed by atoms with Crippen LogP contribution in [0.2, 0.25) is 0 Å². The molecule has 2 aromatic rings. The Morgan fingerprint density at radius 2 is 2.29 bits per heavy atom. The Kier molecular flexibility index (Phi) is 2.10. The van der Waals surface area contributed by atoms with E-state index >= 15 is 0 Å². The van der Waals surface area contributed by atoms with Crippen LogP contribution in [0.3, 0.4) is 0 Å². The number of nitrogens with zero attached hydrogens (tertiary/aromatic N) is 3. The van der Waals surface area contributed by atoms with Gasteiger partial charge in [0.15, 0.2) is 5.52 Å². The summed E-state index contributed by atoms with van der Waals surface area (Å²) in [5.41, 5.74) is 0.833. The van der Waals surface area contributed by atoms with Crippen molar-refractivity contribution in [3.8, 4) is 0 Å². The number of fused-ring (bicyclic) bond motifs is 1. The average Bonchev–Trinajstić information content (AvgIpc) is 2.62. The molecule has 0 radical (unpaired) electrons. The first-order chi connectivity index (χ1) is 6.74. The molecule has 0 unspecified atom stereocenters. The molecule has 1 aromatic carbocycles. The summed E-state index contributed by atoms with van der Waals surface area (Å²) in [6.07, 6.45) is 0. The van der Waals surface area contributed by atoms with E-state index in [0.717, 1.165) is 11.7 Å². The smallest absolute Gasteiger partial charge is 0.303 e. The third-order valence-corrected chi connectivity index (χ3v) is 2.38. The molecule has 1 N–H and O–H groups in total. The molecular formula is C7H5N3O3S. The van der Waals surface area contributed by atoms with Crippen LogP contribution in [0.15, 0.2) is 12.1 Å². The van der Waals surface area contributed by atoms with Crippen molar-refractivity contribution in [2.45, 2.75) is 6.61 Å². The Bertz CT molecular complexity index is 496. The summed E-state index contributed by atoms with van der Waals surface area (Å²) < 4.78 is 7.71. The molecule has 0 aliphatic carbocycles. The Balaban J connectivity index is 2.82. The molecule has 72 valence electrons. The van der Waals surface area contributed by atoms with Crippen molar-refractivity contribution in [1.82, 2.24) is 8.75 Å². The van der Waals surface area contributed by atoms with Gasteiger partial charge in [-0.05, 0) is 12.1 Å². The maximum atomic E-state index is 10.7. The lowest BCUT2D eigenvalue weighted by atomic mass is 10.1. The number of hydrogen-bond acceptors (Lipinski definition) is 6. The summed E-state index contributed by atoms with van der Waals surface area (Å²) in [6.45, 7) is -0.371. The highest BCUT2D eigenvalue weighted by molar-refractivity contribution is 7.00. The van der Waals surface area contributed by atoms with Gasteiger partial charge in [0.25, 0.3) is 0 Å². The summed E-state index contributed by atoms with van der Waals surface area (Å²) in [4.78, 5) is 10.2. The van der Waals surface area contributed by atoms with Gasteiger partial charge in [-0.3, -0.25) is 10.1 Å². The zero-order chi connectivity index (χ0) is 10.1. The molecule has 0 aliphatic rings. The van der Waals surface area contributed by atoms with E-state index in [0.29, 0.717) is 5.52 Å². The molecule has 6 nitrogen and oxygen atoms in total. The number of nitro groups is 1. The summed E-state index contributed by atoms with van der Waals surface area (Å²) in [7, 11) is 0. The maximum Gasteiger partial charge on any atom is 0.303 e. The molecule has 0 fully saturated rings. The molecule has 1 aromatic heterocycles. The molecule has 0 atom stereocenters. The van der Waals surface area contributed by atoms with Crippen LogP contribution in [0.4, 0.5) is 5.69 Å². The minimum atomic E-state index is -0.546. The van der Waals surface area contributed by atoms with Crippen LogP contribution in [-0.2, 0) is 6.61 Å². The van der Waals surface area contributed by atoms with Gasteiger partial charge in [0.05, 0.1) is 28.8 Å². The Hall–Kier alpha value is -1.60. The monoisotopic (exact) mass is 211 g/mol. The predicted octanol–water partition coefficient (Wildman–Crippen LogP) is 1.09. The number of hydrogen-bond donors (Lipinski definition) is 1. The summed E-state index contributed by atoms with van der Waals surface area (Å²) >= 11 is 0.918. The van der Waals surface area contributed by atoms with Gasteiger partial charge < -0.3 is 5.11 Å². The summed E-state index contributed by atoms with van der Waals surface area (Å²) in [5, 5.41) is 19.6. The predicted molar refractivity (Wildman–Crippen MR) is 50.0 cm³/mol. The van der Waals surface area contributed by atoms with E-state index in [4.69, 9.17) is 5.11 Å². The second kappa shape index (κ2) is 3.28. The molecular weight excluding hydrogens is 206 g/mol. The minimum Gasteiger partial charge on any atom is -0.391 e. The van der Waals surface area contributed by atoms with E-state index < -0.39 is 4.92 Å². The second-order valence-electron chi connectivity index (χ2n) is 2.62. The average molecular weight is 211 g/mol. The summed E-state index contributed by atoms with van der Waals surface area (Å²) in [5.74, 6) is 0. The molecule has 0 amide bonds. The van der Waals surface area contributed by atoms with Crippen molar-refractivity contribution >= 4 is 28.4 Å². The fourth-order valence-corrected chi connectivity index (χ4v) is 1.75. The normalized spacial score (nSPS) is 10.6. The number of aliphatic hydroxyl groups is 1. The molecule has 7 heteroatoms. The van der Waals surface area contributed by atoms with Crippen LogP contribution >= 0.6 is 11.7 Å². The van der Waals surface area contributed by atoms with Crippen LogP contribution in [0.1, 0.15) is 5.56 Å². The van der Waals surface area contributed by atoms with Crippen LogP contribution in [0.25, 0.3) is 11.0 Å². The lowest BCUT2D eigenvalue weighted by Crippen LogP contribution is -1.96. The zero-order valence-corrected chi connectivity index (χ0v) is 7.69. The molecule has 0 bridgehead atoms. The van der Waals surface area contributed by atoms with Gasteiger partial charge in [0, 0.05) is 0 Å². The molecule has 2 rings (SSSR count). The molecule has 0 spiro atoms. The first kappa shape index (κ1) is 8.97. The van der Waals surface area contributed by atoms with Crippen LogP contribution < -0.4 is 0 Å². The third-order valence-electron chi connectivity index (χ3n) is 1.84. The molecule has 0 saturated heterocycles. The van der Waals surface area contributed by atoms with Crippen LogP contribution in [0, 0.1) is 10.1 Å². The standard InChI is InChI=1S/C7H5N3O3S/c11-3-4-1-2-5-6(9-14-8-5)7(4)10(12)13/h1-2,11H,3H2. The van der Waals surface area contributed by atoms with Crippen molar-refractivity contribution in [3.63, 3.8) is 0 Å². The van der Waals surface area contributed by atoms with E-state index in [2.05, 4.69) is 8.75 Å². The maximum absolute atomic E-state index is 10.7. The van der Waals surface area contributed by atoms with Gasteiger partial charge in [0.1, 0.15) is 5.52 Å². The van der Waals surface area contributed by atoms with Crippen molar-refractivity contribution in [3.05, 3.63) is 27.8 Å². The first-order valence-electron chi connectivity index (χ1n) is 3.73. The zero-order valence-electron chi connectivity index (χ0n) is 6.88. The van der Waals surface area contributed by atoms with E-state index in [1.54, 1.807) is 6.07 Å². The first-order valence-corrected chi connectivity index (χ1v) is 4.46. The van der Waals surface area contributed by atoms with E-state index in [1.807, 2.05) is 0 Å². The second-order valence-corrected chi connectivity index (χ2v) is 3.15. The highest BCUT2D eigenvalue weighted by Gasteiger charge is 2.20. The van der Waals surface area contributed by atoms with Gasteiger partial charge in [-0.2, -0.15) is 8.75 Å². The van der Waals surface area contributed by atoms with Gasteiger partial charge in [-0.15, -0.1) is 0 Å². The number of aromatic nitrogens is 2. The minimum absolute atomic E-state index is 0.154.